The van der Waals surface area contributed by atoms with Crippen LogP contribution < -0.4 is 0 Å². The second kappa shape index (κ2) is 5.13. The second-order valence-corrected chi connectivity index (χ2v) is 4.73. The normalized spacial score (nSPS) is 13.4. The van der Waals surface area contributed by atoms with E-state index in [1.165, 1.54) is 16.7 Å². The Morgan fingerprint density at radius 1 is 1.19 bits per heavy atom. The molecule has 0 saturated heterocycles. The van der Waals surface area contributed by atoms with Gasteiger partial charge in [0.25, 0.3) is 0 Å². The average Bonchev–Trinajstić information content (AvgIpc) is 2.16. The third-order valence-corrected chi connectivity index (χ3v) is 2.36. The van der Waals surface area contributed by atoms with Gasteiger partial charge in [-0.3, -0.25) is 0 Å². The van der Waals surface area contributed by atoms with E-state index in [2.05, 4.69) is 38.1 Å². The third-order valence-electron chi connectivity index (χ3n) is 2.36. The van der Waals surface area contributed by atoms with Gasteiger partial charge in [0.05, 0.1) is 5.60 Å². The number of aryl methyl sites for hydroxylation is 1. The van der Waals surface area contributed by atoms with Gasteiger partial charge in [0, 0.05) is 0 Å². The molecular weight excluding hydrogens is 196 g/mol. The van der Waals surface area contributed by atoms with Gasteiger partial charge in [-0.05, 0) is 38.8 Å². The maximum Gasteiger partial charge on any atom is 0.0774 e. The standard InChI is InChI=1S/C15H20O/c1-12-7-9-14(10-8-12)13(2)6-5-11-15(3,4)16/h5-11,16H,1-4H3/b11-5+,13-6+. The first-order valence-corrected chi connectivity index (χ1v) is 5.54. The zero-order valence-electron chi connectivity index (χ0n) is 10.5. The molecule has 1 heteroatoms. The van der Waals surface area contributed by atoms with E-state index in [9.17, 15) is 5.11 Å². The van der Waals surface area contributed by atoms with E-state index in [-0.39, 0.29) is 0 Å². The van der Waals surface area contributed by atoms with Crippen LogP contribution in [-0.2, 0) is 0 Å². The van der Waals surface area contributed by atoms with E-state index < -0.39 is 5.60 Å². The Labute approximate surface area is 98.1 Å². The number of hydrogen-bond acceptors (Lipinski definition) is 1. The molecule has 86 valence electrons. The van der Waals surface area contributed by atoms with Crippen LogP contribution in [-0.4, -0.2) is 10.7 Å². The topological polar surface area (TPSA) is 20.2 Å². The first-order chi connectivity index (χ1) is 7.38. The van der Waals surface area contributed by atoms with Crippen LogP contribution in [0.3, 0.4) is 0 Å². The molecule has 1 rings (SSSR count). The van der Waals surface area contributed by atoms with Crippen LogP contribution in [0.25, 0.3) is 5.57 Å². The van der Waals surface area contributed by atoms with Gasteiger partial charge >= 0.3 is 0 Å². The maximum atomic E-state index is 9.52. The minimum absolute atomic E-state index is 0.746. The molecule has 1 N–H and O–H groups in total. The molecule has 1 aromatic carbocycles. The highest BCUT2D eigenvalue weighted by atomic mass is 16.3. The molecule has 1 nitrogen and oxygen atoms in total. The van der Waals surface area contributed by atoms with Crippen LogP contribution in [0, 0.1) is 6.92 Å². The summed E-state index contributed by atoms with van der Waals surface area (Å²) in [6.07, 6.45) is 5.70. The largest absolute Gasteiger partial charge is 0.386 e. The van der Waals surface area contributed by atoms with Crippen molar-refractivity contribution in [2.75, 3.05) is 0 Å². The summed E-state index contributed by atoms with van der Waals surface area (Å²) in [6.45, 7) is 7.67. The van der Waals surface area contributed by atoms with Gasteiger partial charge in [-0.2, -0.15) is 0 Å². The highest BCUT2D eigenvalue weighted by molar-refractivity contribution is 5.65. The quantitative estimate of drug-likeness (QED) is 0.763. The Bertz CT molecular complexity index is 388. The monoisotopic (exact) mass is 216 g/mol. The van der Waals surface area contributed by atoms with Crippen molar-refractivity contribution < 1.29 is 5.11 Å². The minimum atomic E-state index is -0.746. The van der Waals surface area contributed by atoms with Gasteiger partial charge in [0.2, 0.25) is 0 Å². The molecule has 0 amide bonds. The van der Waals surface area contributed by atoms with Crippen LogP contribution in [0.15, 0.2) is 42.5 Å². The van der Waals surface area contributed by atoms with Crippen molar-refractivity contribution in [3.05, 3.63) is 53.6 Å². The summed E-state index contributed by atoms with van der Waals surface area (Å²) in [4.78, 5) is 0. The molecule has 0 fully saturated rings. The summed E-state index contributed by atoms with van der Waals surface area (Å²) in [6, 6.07) is 8.43. The van der Waals surface area contributed by atoms with Crippen molar-refractivity contribution in [2.24, 2.45) is 0 Å². The van der Waals surface area contributed by atoms with Crippen molar-refractivity contribution in [1.29, 1.82) is 0 Å². The van der Waals surface area contributed by atoms with Gasteiger partial charge in [0.15, 0.2) is 0 Å². The number of hydrogen-bond donors (Lipinski definition) is 1. The lowest BCUT2D eigenvalue weighted by Crippen LogP contribution is -2.13. The maximum absolute atomic E-state index is 9.52. The van der Waals surface area contributed by atoms with Crippen LogP contribution >= 0.6 is 0 Å². The van der Waals surface area contributed by atoms with Crippen molar-refractivity contribution in [3.63, 3.8) is 0 Å². The van der Waals surface area contributed by atoms with Crippen LogP contribution in [0.5, 0.6) is 0 Å². The second-order valence-electron chi connectivity index (χ2n) is 4.73. The summed E-state index contributed by atoms with van der Waals surface area (Å²) in [5.41, 5.74) is 2.93. The molecule has 1 aromatic rings. The van der Waals surface area contributed by atoms with E-state index in [1.54, 1.807) is 19.9 Å². The fourth-order valence-electron chi connectivity index (χ4n) is 1.34. The lowest BCUT2D eigenvalue weighted by atomic mass is 10.0. The predicted molar refractivity (Wildman–Crippen MR) is 70.3 cm³/mol. The lowest BCUT2D eigenvalue weighted by Gasteiger charge is -2.09. The molecule has 0 spiro atoms. The Balaban J connectivity index is 2.78. The van der Waals surface area contributed by atoms with E-state index >= 15 is 0 Å². The average molecular weight is 216 g/mol. The summed E-state index contributed by atoms with van der Waals surface area (Å²) < 4.78 is 0. The van der Waals surface area contributed by atoms with Gasteiger partial charge in [0.1, 0.15) is 0 Å². The van der Waals surface area contributed by atoms with Gasteiger partial charge in [-0.1, -0.05) is 48.1 Å². The molecule has 0 aliphatic rings. The van der Waals surface area contributed by atoms with Crippen molar-refractivity contribution >= 4 is 5.57 Å². The number of aliphatic hydroxyl groups is 1. The minimum Gasteiger partial charge on any atom is -0.386 e. The molecule has 0 aromatic heterocycles. The first-order valence-electron chi connectivity index (χ1n) is 5.54. The summed E-state index contributed by atoms with van der Waals surface area (Å²) in [5.74, 6) is 0. The molecule has 0 unspecified atom stereocenters. The van der Waals surface area contributed by atoms with E-state index in [1.807, 2.05) is 12.2 Å². The molecular formula is C15H20O. The number of allylic oxidation sites excluding steroid dienone is 3. The van der Waals surface area contributed by atoms with Crippen molar-refractivity contribution in [3.8, 4) is 0 Å². The van der Waals surface area contributed by atoms with Crippen molar-refractivity contribution in [2.45, 2.75) is 33.3 Å². The van der Waals surface area contributed by atoms with E-state index in [0.29, 0.717) is 0 Å². The van der Waals surface area contributed by atoms with E-state index in [0.717, 1.165) is 0 Å². The van der Waals surface area contributed by atoms with Crippen LogP contribution in [0.1, 0.15) is 31.9 Å². The SMILES string of the molecule is C/C(=C\C=C\C(C)(C)O)c1ccc(C)cc1. The lowest BCUT2D eigenvalue weighted by molar-refractivity contribution is 0.133. The van der Waals surface area contributed by atoms with Crippen molar-refractivity contribution in [1.82, 2.24) is 0 Å². The Morgan fingerprint density at radius 2 is 1.75 bits per heavy atom. The predicted octanol–water partition coefficient (Wildman–Crippen LogP) is 3.73. The van der Waals surface area contributed by atoms with Gasteiger partial charge in [-0.15, -0.1) is 0 Å². The molecule has 0 aliphatic heterocycles. The summed E-state index contributed by atoms with van der Waals surface area (Å²) in [5, 5.41) is 9.52. The molecule has 0 saturated carbocycles. The fourth-order valence-corrected chi connectivity index (χ4v) is 1.34. The summed E-state index contributed by atoms with van der Waals surface area (Å²) >= 11 is 0. The molecule has 0 aliphatic carbocycles. The van der Waals surface area contributed by atoms with Gasteiger partial charge in [-0.25, -0.2) is 0 Å². The highest BCUT2D eigenvalue weighted by Gasteiger charge is 2.04. The first kappa shape index (κ1) is 12.7. The molecule has 0 radical (unpaired) electrons. The Kier molecular flexibility index (Phi) is 4.08. The van der Waals surface area contributed by atoms with Crippen LogP contribution in [0.4, 0.5) is 0 Å². The zero-order chi connectivity index (χ0) is 12.2. The highest BCUT2D eigenvalue weighted by Crippen LogP contribution is 2.14. The number of benzene rings is 1. The molecule has 0 atom stereocenters. The number of rotatable bonds is 3. The summed E-state index contributed by atoms with van der Waals surface area (Å²) in [7, 11) is 0. The third kappa shape index (κ3) is 4.45. The van der Waals surface area contributed by atoms with Crippen LogP contribution in [0.2, 0.25) is 0 Å². The molecule has 0 bridgehead atoms. The zero-order valence-corrected chi connectivity index (χ0v) is 10.5. The molecule has 0 heterocycles. The van der Waals surface area contributed by atoms with E-state index in [4.69, 9.17) is 0 Å². The Morgan fingerprint density at radius 3 is 2.25 bits per heavy atom. The molecule has 16 heavy (non-hydrogen) atoms. The Hall–Kier alpha value is -1.34. The smallest absolute Gasteiger partial charge is 0.0774 e. The van der Waals surface area contributed by atoms with Gasteiger partial charge < -0.3 is 5.11 Å². The fraction of sp³-hybridized carbons (Fsp3) is 0.333.